The molecule has 25 heavy (non-hydrogen) atoms. The first-order valence-corrected chi connectivity index (χ1v) is 8.52. The molecule has 4 nitrogen and oxygen atoms in total. The van der Waals surface area contributed by atoms with Crippen molar-refractivity contribution in [3.63, 3.8) is 0 Å². The summed E-state index contributed by atoms with van der Waals surface area (Å²) in [6.45, 7) is 2.31. The number of hydrogen-bond donors (Lipinski definition) is 2. The van der Waals surface area contributed by atoms with Crippen molar-refractivity contribution in [1.82, 2.24) is 0 Å². The molecule has 5 heteroatoms. The van der Waals surface area contributed by atoms with Crippen molar-refractivity contribution < 1.29 is 18.9 Å². The quantitative estimate of drug-likeness (QED) is 0.759. The van der Waals surface area contributed by atoms with Gasteiger partial charge in [-0.1, -0.05) is 18.2 Å². The van der Waals surface area contributed by atoms with Gasteiger partial charge in [-0.2, -0.15) is 0 Å². The Labute approximate surface area is 146 Å². The second-order valence-electron chi connectivity index (χ2n) is 6.56. The predicted octanol–water partition coefficient (Wildman–Crippen LogP) is 2.21. The van der Waals surface area contributed by atoms with Crippen LogP contribution < -0.4 is 10.2 Å². The van der Waals surface area contributed by atoms with Gasteiger partial charge in [-0.3, -0.25) is 9.59 Å². The Balaban J connectivity index is 1.61. The summed E-state index contributed by atoms with van der Waals surface area (Å²) in [5, 5.41) is 2.86. The van der Waals surface area contributed by atoms with Gasteiger partial charge < -0.3 is 10.2 Å². The van der Waals surface area contributed by atoms with Crippen LogP contribution in [0.2, 0.25) is 0 Å². The molecule has 1 unspecified atom stereocenters. The lowest BCUT2D eigenvalue weighted by Gasteiger charge is -2.19. The number of carbonyl (C=O) groups is 2. The van der Waals surface area contributed by atoms with Crippen LogP contribution in [0.25, 0.3) is 0 Å². The fourth-order valence-corrected chi connectivity index (χ4v) is 2.93. The van der Waals surface area contributed by atoms with E-state index in [1.165, 1.54) is 13.0 Å². The highest BCUT2D eigenvalue weighted by Crippen LogP contribution is 2.16. The number of hydrogen-bond acceptors (Lipinski definition) is 2. The van der Waals surface area contributed by atoms with E-state index in [1.807, 2.05) is 6.07 Å². The Morgan fingerprint density at radius 2 is 1.80 bits per heavy atom. The number of Topliss-reactive ketones (excluding diaryl/α,β-unsaturated/α-hetero) is 1. The number of rotatable bonds is 7. The molecule has 2 aromatic rings. The number of anilines is 1. The minimum absolute atomic E-state index is 0.00730. The van der Waals surface area contributed by atoms with E-state index >= 15 is 0 Å². The maximum atomic E-state index is 13.9. The topological polar surface area (TPSA) is 50.6 Å². The third kappa shape index (κ3) is 4.73. The van der Waals surface area contributed by atoms with Crippen molar-refractivity contribution in [1.29, 1.82) is 0 Å². The lowest BCUT2D eigenvalue weighted by molar-refractivity contribution is -0.917. The Morgan fingerprint density at radius 1 is 1.12 bits per heavy atom. The molecule has 2 N–H and O–H groups in total. The molecule has 1 aliphatic rings. The van der Waals surface area contributed by atoms with Crippen molar-refractivity contribution in [2.24, 2.45) is 0 Å². The minimum atomic E-state index is -0.221. The number of nitrogens with one attached hydrogen (secondary N) is 2. The van der Waals surface area contributed by atoms with Crippen LogP contribution in [-0.2, 0) is 11.3 Å². The van der Waals surface area contributed by atoms with Crippen LogP contribution in [0.5, 0.6) is 0 Å². The zero-order valence-corrected chi connectivity index (χ0v) is 14.2. The smallest absolute Gasteiger partial charge is 0.279 e. The number of ketones is 1. The molecule has 3 rings (SSSR count). The molecule has 0 aromatic heterocycles. The Hall–Kier alpha value is -2.53. The zero-order chi connectivity index (χ0) is 17.8. The van der Waals surface area contributed by atoms with Gasteiger partial charge in [0, 0.05) is 29.7 Å². The maximum absolute atomic E-state index is 13.9. The summed E-state index contributed by atoms with van der Waals surface area (Å²) in [6.07, 6.45) is 2.15. The highest BCUT2D eigenvalue weighted by molar-refractivity contribution is 5.95. The van der Waals surface area contributed by atoms with Crippen LogP contribution in [0.4, 0.5) is 10.1 Å². The van der Waals surface area contributed by atoms with Crippen molar-refractivity contribution in [2.45, 2.75) is 32.4 Å². The molecule has 0 spiro atoms. The van der Waals surface area contributed by atoms with E-state index in [0.717, 1.165) is 17.7 Å². The fourth-order valence-electron chi connectivity index (χ4n) is 2.93. The normalized spacial score (nSPS) is 14.8. The molecule has 0 radical (unpaired) electrons. The van der Waals surface area contributed by atoms with Gasteiger partial charge >= 0.3 is 0 Å². The highest BCUT2D eigenvalue weighted by atomic mass is 19.1. The maximum Gasteiger partial charge on any atom is 0.279 e. The van der Waals surface area contributed by atoms with E-state index in [1.54, 1.807) is 36.4 Å². The van der Waals surface area contributed by atoms with E-state index in [9.17, 15) is 14.0 Å². The number of benzene rings is 2. The molecule has 2 aromatic carbocycles. The average Bonchev–Trinajstić information content (AvgIpc) is 3.41. The van der Waals surface area contributed by atoms with Gasteiger partial charge in [0.2, 0.25) is 0 Å². The van der Waals surface area contributed by atoms with Crippen molar-refractivity contribution in [3.05, 3.63) is 65.5 Å². The van der Waals surface area contributed by atoms with Gasteiger partial charge in [-0.05, 0) is 37.3 Å². The van der Waals surface area contributed by atoms with Gasteiger partial charge in [0.1, 0.15) is 12.4 Å². The summed E-state index contributed by atoms with van der Waals surface area (Å²) in [5.41, 5.74) is 1.92. The SMILES string of the molecule is CC(=O)c1ccc(NC(=O)C[NH+](Cc2ccccc2F)C2CC2)cc1. The lowest BCUT2D eigenvalue weighted by Crippen LogP contribution is -3.13. The van der Waals surface area contributed by atoms with E-state index in [4.69, 9.17) is 0 Å². The van der Waals surface area contributed by atoms with Gasteiger partial charge in [-0.25, -0.2) is 4.39 Å². The Kier molecular flexibility index (Phi) is 5.24. The van der Waals surface area contributed by atoms with E-state index < -0.39 is 0 Å². The van der Waals surface area contributed by atoms with Crippen LogP contribution in [0.1, 0.15) is 35.7 Å². The van der Waals surface area contributed by atoms with Crippen LogP contribution >= 0.6 is 0 Å². The van der Waals surface area contributed by atoms with Gasteiger partial charge in [0.05, 0.1) is 6.04 Å². The standard InChI is InChI=1S/C20H21FN2O2/c1-14(24)15-6-8-17(9-7-15)22-20(25)13-23(18-10-11-18)12-16-4-2-3-5-19(16)21/h2-9,18H,10-13H2,1H3,(H,22,25)/p+1. The molecule has 1 amide bonds. The molecule has 1 fully saturated rings. The molecule has 0 heterocycles. The zero-order valence-electron chi connectivity index (χ0n) is 14.2. The summed E-state index contributed by atoms with van der Waals surface area (Å²) < 4.78 is 13.9. The van der Waals surface area contributed by atoms with Crippen molar-refractivity contribution >= 4 is 17.4 Å². The number of halogens is 1. The van der Waals surface area contributed by atoms with E-state index in [0.29, 0.717) is 35.9 Å². The average molecular weight is 341 g/mol. The van der Waals surface area contributed by atoms with Crippen molar-refractivity contribution in [3.8, 4) is 0 Å². The molecule has 1 aliphatic carbocycles. The van der Waals surface area contributed by atoms with Crippen molar-refractivity contribution in [2.75, 3.05) is 11.9 Å². The summed E-state index contributed by atoms with van der Waals surface area (Å²) in [4.78, 5) is 24.7. The van der Waals surface area contributed by atoms with Crippen LogP contribution in [0, 0.1) is 5.82 Å². The van der Waals surface area contributed by atoms with Crippen LogP contribution in [-0.4, -0.2) is 24.3 Å². The molecule has 0 bridgehead atoms. The van der Waals surface area contributed by atoms with Crippen LogP contribution in [0.3, 0.4) is 0 Å². The third-order valence-electron chi connectivity index (χ3n) is 4.49. The largest absolute Gasteiger partial charge is 0.321 e. The summed E-state index contributed by atoms with van der Waals surface area (Å²) in [7, 11) is 0. The van der Waals surface area contributed by atoms with Gasteiger partial charge in [0.15, 0.2) is 12.3 Å². The molecule has 1 saturated carbocycles. The summed E-state index contributed by atoms with van der Waals surface area (Å²) >= 11 is 0. The Morgan fingerprint density at radius 3 is 2.40 bits per heavy atom. The minimum Gasteiger partial charge on any atom is -0.321 e. The highest BCUT2D eigenvalue weighted by Gasteiger charge is 2.35. The summed E-state index contributed by atoms with van der Waals surface area (Å²) in [6, 6.07) is 14.0. The van der Waals surface area contributed by atoms with Gasteiger partial charge in [0.25, 0.3) is 5.91 Å². The van der Waals surface area contributed by atoms with Crippen LogP contribution in [0.15, 0.2) is 48.5 Å². The van der Waals surface area contributed by atoms with E-state index in [2.05, 4.69) is 5.32 Å². The number of amides is 1. The molecule has 0 aliphatic heterocycles. The predicted molar refractivity (Wildman–Crippen MR) is 94.0 cm³/mol. The molecule has 1 atom stereocenters. The number of carbonyl (C=O) groups excluding carboxylic acids is 2. The summed E-state index contributed by atoms with van der Waals surface area (Å²) in [5.74, 6) is -0.332. The Bertz CT molecular complexity index is 770. The fraction of sp³-hybridized carbons (Fsp3) is 0.300. The molecule has 0 saturated heterocycles. The lowest BCUT2D eigenvalue weighted by atomic mass is 10.1. The first-order chi connectivity index (χ1) is 12.0. The third-order valence-corrected chi connectivity index (χ3v) is 4.49. The number of quaternary nitrogens is 1. The monoisotopic (exact) mass is 341 g/mol. The first-order valence-electron chi connectivity index (χ1n) is 8.52. The second kappa shape index (κ2) is 7.57. The second-order valence-corrected chi connectivity index (χ2v) is 6.56. The first kappa shape index (κ1) is 17.3. The van der Waals surface area contributed by atoms with E-state index in [-0.39, 0.29) is 17.5 Å². The molecular weight excluding hydrogens is 319 g/mol. The molecule has 130 valence electrons. The molecular formula is C20H22FN2O2+. The van der Waals surface area contributed by atoms with Gasteiger partial charge in [-0.15, -0.1) is 0 Å².